The topological polar surface area (TPSA) is 87.1 Å². The Balaban J connectivity index is 1.40. The van der Waals surface area contributed by atoms with Crippen molar-refractivity contribution in [2.24, 2.45) is 7.05 Å². The van der Waals surface area contributed by atoms with E-state index in [0.717, 1.165) is 29.0 Å². The minimum absolute atomic E-state index is 0.0923. The van der Waals surface area contributed by atoms with E-state index in [1.807, 2.05) is 31.2 Å². The number of nitrogens with zero attached hydrogens (tertiary/aromatic N) is 5. The Morgan fingerprint density at radius 3 is 2.73 bits per heavy atom. The van der Waals surface area contributed by atoms with Gasteiger partial charge in [-0.2, -0.15) is 5.10 Å². The van der Waals surface area contributed by atoms with E-state index < -0.39 is 0 Å². The van der Waals surface area contributed by atoms with Gasteiger partial charge in [-0.1, -0.05) is 23.7 Å². The van der Waals surface area contributed by atoms with Crippen LogP contribution in [-0.4, -0.2) is 54.7 Å². The molecule has 0 unspecified atom stereocenters. The number of carbonyl (C=O) groups excluding carboxylic acids is 2. The average molecular weight is 427 g/mol. The van der Waals surface area contributed by atoms with Crippen LogP contribution in [0.15, 0.2) is 30.3 Å². The molecule has 0 radical (unpaired) electrons. The molecule has 8 nitrogen and oxygen atoms in total. The zero-order chi connectivity index (χ0) is 21.3. The number of rotatable bonds is 5. The summed E-state index contributed by atoms with van der Waals surface area (Å²) in [7, 11) is 1.75. The predicted molar refractivity (Wildman–Crippen MR) is 114 cm³/mol. The minimum Gasteiger partial charge on any atom is -0.342 e. The third-order valence-corrected chi connectivity index (χ3v) is 5.62. The molecular formula is C21H23ClN6O2. The fourth-order valence-corrected chi connectivity index (χ4v) is 3.89. The Morgan fingerprint density at radius 2 is 2.00 bits per heavy atom. The van der Waals surface area contributed by atoms with Crippen LogP contribution in [0.3, 0.4) is 0 Å². The van der Waals surface area contributed by atoms with Gasteiger partial charge in [0, 0.05) is 44.6 Å². The summed E-state index contributed by atoms with van der Waals surface area (Å²) in [5.41, 5.74) is 3.28. The molecule has 30 heavy (non-hydrogen) atoms. The van der Waals surface area contributed by atoms with Gasteiger partial charge in [0.05, 0.1) is 16.7 Å². The fourth-order valence-electron chi connectivity index (χ4n) is 3.65. The maximum absolute atomic E-state index is 12.8. The number of aromatic nitrogens is 4. The third-order valence-electron chi connectivity index (χ3n) is 5.18. The number of carbonyl (C=O) groups is 2. The van der Waals surface area contributed by atoms with Gasteiger partial charge in [0.2, 0.25) is 5.91 Å². The summed E-state index contributed by atoms with van der Waals surface area (Å²) in [6.07, 6.45) is 4.62. The first-order valence-corrected chi connectivity index (χ1v) is 10.2. The summed E-state index contributed by atoms with van der Waals surface area (Å²) < 4.78 is 1.56. The lowest BCUT2D eigenvalue weighted by atomic mass is 10.2. The molecule has 1 saturated heterocycles. The molecule has 0 aliphatic carbocycles. The normalized spacial score (nSPS) is 14.4. The van der Waals surface area contributed by atoms with Crippen LogP contribution in [0.5, 0.6) is 0 Å². The van der Waals surface area contributed by atoms with E-state index in [1.54, 1.807) is 17.8 Å². The Kier molecular flexibility index (Phi) is 5.59. The van der Waals surface area contributed by atoms with Crippen LogP contribution in [0, 0.1) is 6.92 Å². The number of hydrogen-bond acceptors (Lipinski definition) is 4. The van der Waals surface area contributed by atoms with Crippen LogP contribution in [0.2, 0.25) is 5.15 Å². The molecule has 2 amide bonds. The van der Waals surface area contributed by atoms with Crippen LogP contribution in [0.4, 0.5) is 0 Å². The average Bonchev–Trinajstić information content (AvgIpc) is 3.43. The van der Waals surface area contributed by atoms with Crippen molar-refractivity contribution in [3.05, 3.63) is 52.6 Å². The molecule has 4 rings (SSSR count). The van der Waals surface area contributed by atoms with Crippen LogP contribution >= 0.6 is 11.6 Å². The van der Waals surface area contributed by atoms with Gasteiger partial charge in [-0.25, -0.2) is 9.99 Å². The van der Waals surface area contributed by atoms with Crippen LogP contribution in [0.25, 0.3) is 17.1 Å². The molecule has 2 aromatic heterocycles. The predicted octanol–water partition coefficient (Wildman–Crippen LogP) is 2.88. The summed E-state index contributed by atoms with van der Waals surface area (Å²) in [6, 6.07) is 7.76. The maximum Gasteiger partial charge on any atom is 0.265 e. The Morgan fingerprint density at radius 1 is 1.23 bits per heavy atom. The molecule has 1 aliphatic heterocycles. The highest BCUT2D eigenvalue weighted by atomic mass is 35.5. The first kappa shape index (κ1) is 20.2. The second-order valence-electron chi connectivity index (χ2n) is 7.28. The molecular weight excluding hydrogens is 404 g/mol. The first-order valence-electron chi connectivity index (χ1n) is 9.86. The lowest BCUT2D eigenvalue weighted by molar-refractivity contribution is -0.154. The van der Waals surface area contributed by atoms with Gasteiger partial charge < -0.3 is 4.98 Å². The third kappa shape index (κ3) is 3.95. The van der Waals surface area contributed by atoms with Crippen LogP contribution in [0.1, 0.15) is 29.9 Å². The van der Waals surface area contributed by atoms with E-state index in [1.165, 1.54) is 16.1 Å². The van der Waals surface area contributed by atoms with Crippen molar-refractivity contribution in [1.29, 1.82) is 0 Å². The van der Waals surface area contributed by atoms with Crippen molar-refractivity contribution < 1.29 is 9.59 Å². The van der Waals surface area contributed by atoms with E-state index in [9.17, 15) is 9.59 Å². The number of nitrogens with one attached hydrogen (secondary N) is 1. The SMILES string of the molecule is Cc1nn(C)c(Cl)c1C=CC(=O)N1CCCN1C(=O)CCc1nc2ccccc2[nH]1. The minimum atomic E-state index is -0.246. The standard InChI is InChI=1S/C21H23ClN6O2/c1-14-15(21(22)26(2)25-14)8-10-19(29)27-12-5-13-28(27)20(30)11-9-18-23-16-6-3-4-7-17(16)24-18/h3-4,6-8,10H,5,9,11-13H2,1-2H3,(H,23,24). The van der Waals surface area contributed by atoms with Gasteiger partial charge in [-0.15, -0.1) is 0 Å². The largest absolute Gasteiger partial charge is 0.342 e. The lowest BCUT2D eigenvalue weighted by Crippen LogP contribution is -2.44. The Bertz CT molecular complexity index is 1100. The number of para-hydroxylation sites is 2. The smallest absolute Gasteiger partial charge is 0.265 e. The van der Waals surface area contributed by atoms with E-state index in [0.29, 0.717) is 30.2 Å². The van der Waals surface area contributed by atoms with Crippen molar-refractivity contribution in [1.82, 2.24) is 29.8 Å². The molecule has 156 valence electrons. The number of hydrogen-bond donors (Lipinski definition) is 1. The van der Waals surface area contributed by atoms with E-state index in [4.69, 9.17) is 11.6 Å². The lowest BCUT2D eigenvalue weighted by Gasteiger charge is -2.26. The van der Waals surface area contributed by atoms with Crippen LogP contribution < -0.4 is 0 Å². The number of H-pyrrole nitrogens is 1. The van der Waals surface area contributed by atoms with E-state index >= 15 is 0 Å². The molecule has 0 spiro atoms. The molecule has 3 heterocycles. The van der Waals surface area contributed by atoms with E-state index in [2.05, 4.69) is 15.1 Å². The van der Waals surface area contributed by atoms with Gasteiger partial charge in [0.1, 0.15) is 11.0 Å². The van der Waals surface area contributed by atoms with Crippen molar-refractivity contribution in [2.75, 3.05) is 13.1 Å². The molecule has 0 atom stereocenters. The summed E-state index contributed by atoms with van der Waals surface area (Å²) in [6.45, 7) is 2.88. The van der Waals surface area contributed by atoms with Gasteiger partial charge in [-0.05, 0) is 31.6 Å². The van der Waals surface area contributed by atoms with Crippen molar-refractivity contribution in [3.63, 3.8) is 0 Å². The highest BCUT2D eigenvalue weighted by molar-refractivity contribution is 6.31. The summed E-state index contributed by atoms with van der Waals surface area (Å²) in [5.74, 6) is 0.428. The summed E-state index contributed by atoms with van der Waals surface area (Å²) in [5, 5.41) is 7.73. The number of imidazole rings is 1. The molecule has 3 aromatic rings. The fraction of sp³-hybridized carbons (Fsp3) is 0.333. The second kappa shape index (κ2) is 8.31. The molecule has 9 heteroatoms. The number of amides is 2. The van der Waals surface area contributed by atoms with Crippen molar-refractivity contribution in [3.8, 4) is 0 Å². The molecule has 0 saturated carbocycles. The van der Waals surface area contributed by atoms with Gasteiger partial charge in [-0.3, -0.25) is 19.3 Å². The van der Waals surface area contributed by atoms with Gasteiger partial charge in [0.15, 0.2) is 0 Å². The quantitative estimate of drug-likeness (QED) is 0.635. The molecule has 1 N–H and O–H groups in total. The molecule has 1 fully saturated rings. The highest BCUT2D eigenvalue weighted by Gasteiger charge is 2.29. The Hall–Kier alpha value is -3.13. The van der Waals surface area contributed by atoms with Crippen molar-refractivity contribution in [2.45, 2.75) is 26.2 Å². The maximum atomic E-state index is 12.8. The number of aromatic amines is 1. The number of benzene rings is 1. The summed E-state index contributed by atoms with van der Waals surface area (Å²) >= 11 is 6.22. The molecule has 1 aliphatic rings. The molecule has 0 bridgehead atoms. The number of halogens is 1. The van der Waals surface area contributed by atoms with Gasteiger partial charge in [0.25, 0.3) is 5.91 Å². The zero-order valence-corrected chi connectivity index (χ0v) is 17.7. The number of hydrazine groups is 1. The van der Waals surface area contributed by atoms with Gasteiger partial charge >= 0.3 is 0 Å². The Labute approximate surface area is 179 Å². The molecule has 1 aromatic carbocycles. The zero-order valence-electron chi connectivity index (χ0n) is 16.9. The number of aryl methyl sites for hydroxylation is 3. The van der Waals surface area contributed by atoms with Crippen LogP contribution in [-0.2, 0) is 23.1 Å². The highest BCUT2D eigenvalue weighted by Crippen LogP contribution is 2.21. The summed E-state index contributed by atoms with van der Waals surface area (Å²) in [4.78, 5) is 33.2. The first-order chi connectivity index (χ1) is 14.4. The number of fused-ring (bicyclic) bond motifs is 1. The monoisotopic (exact) mass is 426 g/mol. The van der Waals surface area contributed by atoms with E-state index in [-0.39, 0.29) is 18.2 Å². The second-order valence-corrected chi connectivity index (χ2v) is 7.64. The van der Waals surface area contributed by atoms with Crippen molar-refractivity contribution >= 4 is 40.5 Å².